The molecule has 0 heterocycles. The van der Waals surface area contributed by atoms with E-state index in [1.807, 2.05) is 6.92 Å². The molecule has 0 bridgehead atoms. The van der Waals surface area contributed by atoms with Crippen LogP contribution in [-0.4, -0.2) is 18.0 Å². The third-order valence-electron chi connectivity index (χ3n) is 4.27. The predicted octanol–water partition coefficient (Wildman–Crippen LogP) is 1.29. The maximum atomic E-state index is 12.0. The number of amides is 1. The van der Waals surface area contributed by atoms with Crippen LogP contribution in [0.5, 0.6) is 0 Å². The molecule has 2 atom stereocenters. The van der Waals surface area contributed by atoms with Crippen molar-refractivity contribution in [3.8, 4) is 0 Å². The van der Waals surface area contributed by atoms with Gasteiger partial charge in [0.25, 0.3) is 5.91 Å². The lowest BCUT2D eigenvalue weighted by Crippen LogP contribution is -2.92. The highest BCUT2D eigenvalue weighted by Crippen LogP contribution is 2.26. The van der Waals surface area contributed by atoms with Crippen molar-refractivity contribution in [2.45, 2.75) is 57.2 Å². The van der Waals surface area contributed by atoms with Gasteiger partial charge >= 0.3 is 0 Å². The van der Waals surface area contributed by atoms with Crippen LogP contribution in [0, 0.1) is 0 Å². The molecule has 19 heavy (non-hydrogen) atoms. The maximum Gasteiger partial charge on any atom is 0.278 e. The van der Waals surface area contributed by atoms with Gasteiger partial charge in [0.05, 0.1) is 0 Å². The minimum atomic E-state index is 0.0109. The summed E-state index contributed by atoms with van der Waals surface area (Å²) in [6.07, 6.45) is 5.91. The summed E-state index contributed by atoms with van der Waals surface area (Å²) in [4.78, 5) is 12.0. The number of aryl methyl sites for hydroxylation is 1. The molecule has 1 fully saturated rings. The highest BCUT2D eigenvalue weighted by Gasteiger charge is 2.30. The van der Waals surface area contributed by atoms with E-state index in [2.05, 4.69) is 34.9 Å². The number of benzene rings is 1. The summed E-state index contributed by atoms with van der Waals surface area (Å²) in [6.45, 7) is 2.02. The van der Waals surface area contributed by atoms with Gasteiger partial charge in [-0.1, -0.05) is 24.3 Å². The van der Waals surface area contributed by atoms with E-state index in [4.69, 9.17) is 0 Å². The number of quaternary nitrogens is 1. The Morgan fingerprint density at radius 2 is 2.11 bits per heavy atom. The molecule has 0 aliphatic heterocycles. The first kappa shape index (κ1) is 12.7. The normalized spacial score (nSPS) is 23.5. The van der Waals surface area contributed by atoms with Crippen molar-refractivity contribution in [3.63, 3.8) is 0 Å². The van der Waals surface area contributed by atoms with E-state index in [0.717, 1.165) is 12.8 Å². The molecule has 3 N–H and O–H groups in total. The number of rotatable bonds is 4. The summed E-state index contributed by atoms with van der Waals surface area (Å²) in [5.41, 5.74) is 2.89. The SMILES string of the molecule is C[C@@H]([NH2+][C@@H]1CCCc2ccccc21)C(=O)NC1CC1. The van der Waals surface area contributed by atoms with Crippen LogP contribution in [0.3, 0.4) is 0 Å². The van der Waals surface area contributed by atoms with Gasteiger partial charge < -0.3 is 10.6 Å². The van der Waals surface area contributed by atoms with E-state index < -0.39 is 0 Å². The quantitative estimate of drug-likeness (QED) is 0.841. The van der Waals surface area contributed by atoms with E-state index >= 15 is 0 Å². The molecule has 0 radical (unpaired) electrons. The Kier molecular flexibility index (Phi) is 3.56. The summed E-state index contributed by atoms with van der Waals surface area (Å²) in [6, 6.07) is 9.60. The molecule has 2 aliphatic rings. The first-order valence-electron chi connectivity index (χ1n) is 7.47. The lowest BCUT2D eigenvalue weighted by molar-refractivity contribution is -0.714. The standard InChI is InChI=1S/C16H22N2O/c1-11(16(19)18-13-9-10-13)17-15-8-4-6-12-5-2-3-7-14(12)15/h2-3,5,7,11,13,15,17H,4,6,8-10H2,1H3,(H,18,19)/p+1/t11-,15-/m1/s1. The number of hydrogen-bond donors (Lipinski definition) is 2. The van der Waals surface area contributed by atoms with E-state index in [1.165, 1.54) is 30.4 Å². The molecule has 1 aromatic rings. The smallest absolute Gasteiger partial charge is 0.278 e. The van der Waals surface area contributed by atoms with Crippen molar-refractivity contribution in [2.24, 2.45) is 0 Å². The second kappa shape index (κ2) is 5.33. The zero-order valence-corrected chi connectivity index (χ0v) is 11.6. The number of nitrogens with one attached hydrogen (secondary N) is 1. The van der Waals surface area contributed by atoms with E-state index in [-0.39, 0.29) is 11.9 Å². The van der Waals surface area contributed by atoms with Crippen molar-refractivity contribution in [1.82, 2.24) is 5.32 Å². The molecule has 3 nitrogen and oxygen atoms in total. The molecule has 3 rings (SSSR count). The Morgan fingerprint density at radius 1 is 1.32 bits per heavy atom. The van der Waals surface area contributed by atoms with Gasteiger partial charge in [0, 0.05) is 18.0 Å². The van der Waals surface area contributed by atoms with Crippen LogP contribution in [0.2, 0.25) is 0 Å². The Labute approximate surface area is 114 Å². The van der Waals surface area contributed by atoms with Gasteiger partial charge in [-0.2, -0.15) is 0 Å². The third kappa shape index (κ3) is 2.98. The van der Waals surface area contributed by atoms with Gasteiger partial charge in [-0.15, -0.1) is 0 Å². The van der Waals surface area contributed by atoms with Gasteiger partial charge in [0.2, 0.25) is 0 Å². The third-order valence-corrected chi connectivity index (χ3v) is 4.27. The lowest BCUT2D eigenvalue weighted by atomic mass is 9.87. The summed E-state index contributed by atoms with van der Waals surface area (Å²) in [5.74, 6) is 0.200. The summed E-state index contributed by atoms with van der Waals surface area (Å²) >= 11 is 0. The van der Waals surface area contributed by atoms with Crippen LogP contribution in [0.25, 0.3) is 0 Å². The average molecular weight is 259 g/mol. The first-order chi connectivity index (χ1) is 9.24. The van der Waals surface area contributed by atoms with Crippen LogP contribution < -0.4 is 10.6 Å². The van der Waals surface area contributed by atoms with Crippen molar-refractivity contribution >= 4 is 5.91 Å². The second-order valence-corrected chi connectivity index (χ2v) is 5.96. The summed E-state index contributed by atoms with van der Waals surface area (Å²) in [7, 11) is 0. The molecule has 0 unspecified atom stereocenters. The number of carbonyl (C=O) groups excluding carboxylic acids is 1. The molecule has 1 saturated carbocycles. The molecule has 1 amide bonds. The van der Waals surface area contributed by atoms with Gasteiger partial charge in [0.15, 0.2) is 6.04 Å². The number of carbonyl (C=O) groups is 1. The highest BCUT2D eigenvalue weighted by molar-refractivity contribution is 5.80. The topological polar surface area (TPSA) is 45.7 Å². The van der Waals surface area contributed by atoms with E-state index in [9.17, 15) is 4.79 Å². The summed E-state index contributed by atoms with van der Waals surface area (Å²) in [5, 5.41) is 5.34. The molecule has 0 spiro atoms. The monoisotopic (exact) mass is 259 g/mol. The minimum absolute atomic E-state index is 0.0109. The van der Waals surface area contributed by atoms with Crippen molar-refractivity contribution in [2.75, 3.05) is 0 Å². The molecule has 1 aromatic carbocycles. The van der Waals surface area contributed by atoms with E-state index in [1.54, 1.807) is 0 Å². The number of nitrogens with two attached hydrogens (primary N) is 1. The van der Waals surface area contributed by atoms with Crippen molar-refractivity contribution < 1.29 is 10.1 Å². The Hall–Kier alpha value is -1.35. The molecular formula is C16H23N2O+. The average Bonchev–Trinajstić information content (AvgIpc) is 3.23. The van der Waals surface area contributed by atoms with Crippen molar-refractivity contribution in [1.29, 1.82) is 0 Å². The van der Waals surface area contributed by atoms with Crippen LogP contribution in [0.1, 0.15) is 49.8 Å². The number of hydrogen-bond acceptors (Lipinski definition) is 1. The maximum absolute atomic E-state index is 12.0. The Bertz CT molecular complexity index is 468. The van der Waals surface area contributed by atoms with Crippen LogP contribution in [0.15, 0.2) is 24.3 Å². The molecular weight excluding hydrogens is 236 g/mol. The van der Waals surface area contributed by atoms with Crippen LogP contribution in [0.4, 0.5) is 0 Å². The Morgan fingerprint density at radius 3 is 2.89 bits per heavy atom. The fraction of sp³-hybridized carbons (Fsp3) is 0.562. The second-order valence-electron chi connectivity index (χ2n) is 5.96. The van der Waals surface area contributed by atoms with Gasteiger partial charge in [-0.25, -0.2) is 0 Å². The summed E-state index contributed by atoms with van der Waals surface area (Å²) < 4.78 is 0. The van der Waals surface area contributed by atoms with Gasteiger partial charge in [-0.3, -0.25) is 4.79 Å². The molecule has 0 saturated heterocycles. The zero-order chi connectivity index (χ0) is 13.2. The van der Waals surface area contributed by atoms with E-state index in [0.29, 0.717) is 12.1 Å². The largest absolute Gasteiger partial charge is 0.348 e. The van der Waals surface area contributed by atoms with Gasteiger partial charge in [0.1, 0.15) is 6.04 Å². The van der Waals surface area contributed by atoms with Crippen LogP contribution >= 0.6 is 0 Å². The fourth-order valence-corrected chi connectivity index (χ4v) is 2.99. The predicted molar refractivity (Wildman–Crippen MR) is 74.7 cm³/mol. The lowest BCUT2D eigenvalue weighted by Gasteiger charge is -2.26. The minimum Gasteiger partial charge on any atom is -0.348 e. The first-order valence-corrected chi connectivity index (χ1v) is 7.47. The number of fused-ring (bicyclic) bond motifs is 1. The Balaban J connectivity index is 1.64. The molecule has 102 valence electrons. The fourth-order valence-electron chi connectivity index (χ4n) is 2.99. The highest BCUT2D eigenvalue weighted by atomic mass is 16.2. The molecule has 2 aliphatic carbocycles. The van der Waals surface area contributed by atoms with Gasteiger partial charge in [-0.05, 0) is 38.2 Å². The molecule has 3 heteroatoms. The zero-order valence-electron chi connectivity index (χ0n) is 11.6. The molecule has 0 aromatic heterocycles. The van der Waals surface area contributed by atoms with Crippen molar-refractivity contribution in [3.05, 3.63) is 35.4 Å². The van der Waals surface area contributed by atoms with Crippen LogP contribution in [-0.2, 0) is 11.2 Å².